The molecule has 0 radical (unpaired) electrons. The zero-order valence-corrected chi connectivity index (χ0v) is 8.01. The normalized spacial score (nSPS) is 15.8. The van der Waals surface area contributed by atoms with E-state index in [0.29, 0.717) is 5.57 Å². The molecule has 2 amide bonds. The van der Waals surface area contributed by atoms with Gasteiger partial charge in [-0.25, -0.2) is 0 Å². The molecule has 0 saturated heterocycles. The van der Waals surface area contributed by atoms with Crippen LogP contribution in [0.1, 0.15) is 5.56 Å². The second-order valence-corrected chi connectivity index (χ2v) is 3.18. The van der Waals surface area contributed by atoms with E-state index in [-0.39, 0.29) is 18.5 Å². The minimum Gasteiger partial charge on any atom is -0.313 e. The van der Waals surface area contributed by atoms with Crippen LogP contribution in [0.4, 0.5) is 0 Å². The van der Waals surface area contributed by atoms with Crippen LogP contribution in [0.3, 0.4) is 0 Å². The molecule has 0 unspecified atom stereocenters. The van der Waals surface area contributed by atoms with Gasteiger partial charge in [-0.2, -0.15) is 0 Å². The first-order valence-corrected chi connectivity index (χ1v) is 4.57. The van der Waals surface area contributed by atoms with E-state index in [4.69, 9.17) is 5.73 Å². The smallest absolute Gasteiger partial charge is 0.262 e. The number of benzene rings is 1. The van der Waals surface area contributed by atoms with Gasteiger partial charge in [0.2, 0.25) is 0 Å². The van der Waals surface area contributed by atoms with Gasteiger partial charge in [-0.3, -0.25) is 14.5 Å². The largest absolute Gasteiger partial charge is 0.313 e. The zero-order valence-electron chi connectivity index (χ0n) is 8.01. The Balaban J connectivity index is 2.38. The summed E-state index contributed by atoms with van der Waals surface area (Å²) in [6.07, 6.45) is 1.32. The first-order chi connectivity index (χ1) is 7.24. The lowest BCUT2D eigenvalue weighted by Gasteiger charge is -2.10. The van der Waals surface area contributed by atoms with Gasteiger partial charge in [-0.15, -0.1) is 0 Å². The third kappa shape index (κ3) is 1.55. The quantitative estimate of drug-likeness (QED) is 0.704. The average Bonchev–Trinajstić information content (AvgIpc) is 2.55. The van der Waals surface area contributed by atoms with Crippen LogP contribution in [0.15, 0.2) is 36.4 Å². The fraction of sp³-hybridized carbons (Fsp3) is 0.0909. The summed E-state index contributed by atoms with van der Waals surface area (Å²) in [5.41, 5.74) is 6.46. The Morgan fingerprint density at radius 2 is 1.80 bits per heavy atom. The van der Waals surface area contributed by atoms with Gasteiger partial charge in [-0.1, -0.05) is 30.3 Å². The molecule has 0 fully saturated rings. The molecule has 4 nitrogen and oxygen atoms in total. The third-order valence-corrected chi connectivity index (χ3v) is 2.28. The van der Waals surface area contributed by atoms with Gasteiger partial charge in [0.05, 0.1) is 12.2 Å². The molecule has 1 aliphatic rings. The molecule has 1 aromatic rings. The minimum atomic E-state index is -0.346. The summed E-state index contributed by atoms with van der Waals surface area (Å²) in [7, 11) is 0. The first-order valence-electron chi connectivity index (χ1n) is 4.57. The summed E-state index contributed by atoms with van der Waals surface area (Å²) in [4.78, 5) is 24.1. The summed E-state index contributed by atoms with van der Waals surface area (Å²) in [6.45, 7) is -0.0789. The van der Waals surface area contributed by atoms with Gasteiger partial charge in [0, 0.05) is 6.08 Å². The van der Waals surface area contributed by atoms with Crippen LogP contribution in [0.25, 0.3) is 5.57 Å². The molecule has 1 aliphatic heterocycles. The van der Waals surface area contributed by atoms with Gasteiger partial charge in [0.25, 0.3) is 11.8 Å². The van der Waals surface area contributed by atoms with Crippen molar-refractivity contribution in [2.45, 2.75) is 0 Å². The molecule has 1 heterocycles. The molecule has 4 heteroatoms. The number of rotatable bonds is 2. The van der Waals surface area contributed by atoms with E-state index in [1.807, 2.05) is 18.2 Å². The number of carbonyl (C=O) groups is 2. The molecule has 2 rings (SSSR count). The zero-order chi connectivity index (χ0) is 10.8. The number of nitrogens with two attached hydrogens (primary N) is 1. The van der Waals surface area contributed by atoms with Crippen LogP contribution in [0, 0.1) is 0 Å². The van der Waals surface area contributed by atoms with Crippen LogP contribution < -0.4 is 5.73 Å². The Kier molecular flexibility index (Phi) is 2.35. The van der Waals surface area contributed by atoms with Gasteiger partial charge in [-0.05, 0) is 5.56 Å². The van der Waals surface area contributed by atoms with Crippen molar-refractivity contribution in [2.24, 2.45) is 5.73 Å². The molecule has 0 aromatic heterocycles. The van der Waals surface area contributed by atoms with E-state index in [2.05, 4.69) is 0 Å². The highest BCUT2D eigenvalue weighted by Gasteiger charge is 2.30. The molecule has 1 aromatic carbocycles. The van der Waals surface area contributed by atoms with Crippen molar-refractivity contribution >= 4 is 17.4 Å². The Labute approximate surface area is 87.0 Å². The summed E-state index contributed by atoms with van der Waals surface area (Å²) < 4.78 is 0. The lowest BCUT2D eigenvalue weighted by atomic mass is 10.1. The number of nitrogens with zero attached hydrogens (tertiary/aromatic N) is 1. The molecule has 0 saturated carbocycles. The van der Waals surface area contributed by atoms with Gasteiger partial charge in [0.1, 0.15) is 0 Å². The highest BCUT2D eigenvalue weighted by molar-refractivity contribution is 6.33. The Bertz CT molecular complexity index is 437. The molecule has 0 aliphatic carbocycles. The minimum absolute atomic E-state index is 0.0789. The van der Waals surface area contributed by atoms with E-state index in [1.165, 1.54) is 6.08 Å². The van der Waals surface area contributed by atoms with Crippen molar-refractivity contribution in [3.8, 4) is 0 Å². The van der Waals surface area contributed by atoms with Crippen molar-refractivity contribution < 1.29 is 9.59 Å². The molecule has 0 spiro atoms. The monoisotopic (exact) mass is 202 g/mol. The Morgan fingerprint density at radius 3 is 2.33 bits per heavy atom. The predicted molar refractivity (Wildman–Crippen MR) is 55.3 cm³/mol. The molecule has 76 valence electrons. The van der Waals surface area contributed by atoms with E-state index < -0.39 is 0 Å². The van der Waals surface area contributed by atoms with Crippen molar-refractivity contribution in [3.63, 3.8) is 0 Å². The lowest BCUT2D eigenvalue weighted by Crippen LogP contribution is -2.35. The Hall–Kier alpha value is -1.94. The van der Waals surface area contributed by atoms with Crippen LogP contribution in [-0.2, 0) is 9.59 Å². The maximum Gasteiger partial charge on any atom is 0.262 e. The summed E-state index contributed by atoms with van der Waals surface area (Å²) in [6, 6.07) is 9.07. The van der Waals surface area contributed by atoms with Crippen molar-refractivity contribution in [3.05, 3.63) is 42.0 Å². The van der Waals surface area contributed by atoms with Crippen LogP contribution in [-0.4, -0.2) is 23.4 Å². The van der Waals surface area contributed by atoms with Crippen molar-refractivity contribution in [1.29, 1.82) is 0 Å². The summed E-state index contributed by atoms with van der Waals surface area (Å²) >= 11 is 0. The van der Waals surface area contributed by atoms with Gasteiger partial charge >= 0.3 is 0 Å². The first kappa shape index (κ1) is 9.61. The van der Waals surface area contributed by atoms with E-state index >= 15 is 0 Å². The number of amides is 2. The maximum atomic E-state index is 11.7. The molecular formula is C11H10N2O2. The highest BCUT2D eigenvalue weighted by atomic mass is 16.2. The molecule has 2 N–H and O–H groups in total. The van der Waals surface area contributed by atoms with E-state index in [0.717, 1.165) is 10.5 Å². The maximum absolute atomic E-state index is 11.7. The number of imide groups is 1. The van der Waals surface area contributed by atoms with Crippen molar-refractivity contribution in [2.75, 3.05) is 6.67 Å². The highest BCUT2D eigenvalue weighted by Crippen LogP contribution is 2.22. The standard InChI is InChI=1S/C11H10N2O2/c12-7-13-10(14)6-9(11(13)15)8-4-2-1-3-5-8/h1-6H,7,12H2. The number of hydrogen-bond donors (Lipinski definition) is 1. The van der Waals surface area contributed by atoms with Crippen molar-refractivity contribution in [1.82, 2.24) is 4.90 Å². The second-order valence-electron chi connectivity index (χ2n) is 3.18. The van der Waals surface area contributed by atoms with E-state index in [9.17, 15) is 9.59 Å². The van der Waals surface area contributed by atoms with Crippen LogP contribution in [0.2, 0.25) is 0 Å². The fourth-order valence-electron chi connectivity index (χ4n) is 1.51. The molecule has 15 heavy (non-hydrogen) atoms. The average molecular weight is 202 g/mol. The molecular weight excluding hydrogens is 192 g/mol. The predicted octanol–water partition coefficient (Wildman–Crippen LogP) is 0.355. The SMILES string of the molecule is NCN1C(=O)C=C(c2ccccc2)C1=O. The topological polar surface area (TPSA) is 63.4 Å². The summed E-state index contributed by atoms with van der Waals surface area (Å²) in [5.74, 6) is -0.671. The lowest BCUT2D eigenvalue weighted by molar-refractivity contribution is -0.136. The molecule has 0 bridgehead atoms. The van der Waals surface area contributed by atoms with Crippen LogP contribution in [0.5, 0.6) is 0 Å². The third-order valence-electron chi connectivity index (χ3n) is 2.28. The van der Waals surface area contributed by atoms with E-state index in [1.54, 1.807) is 12.1 Å². The van der Waals surface area contributed by atoms with Gasteiger partial charge in [0.15, 0.2) is 0 Å². The van der Waals surface area contributed by atoms with Gasteiger partial charge < -0.3 is 5.73 Å². The van der Waals surface area contributed by atoms with Crippen LogP contribution >= 0.6 is 0 Å². The second kappa shape index (κ2) is 3.67. The number of hydrogen-bond acceptors (Lipinski definition) is 3. The summed E-state index contributed by atoms with van der Waals surface area (Å²) in [5, 5.41) is 0. The molecule has 0 atom stereocenters. The fourth-order valence-corrected chi connectivity index (χ4v) is 1.51. The number of carbonyl (C=O) groups excluding carboxylic acids is 2. The Morgan fingerprint density at radius 1 is 1.13 bits per heavy atom.